The van der Waals surface area contributed by atoms with Gasteiger partial charge in [0.1, 0.15) is 13.2 Å². The van der Waals surface area contributed by atoms with Gasteiger partial charge < -0.3 is 14.2 Å². The molecule has 0 aromatic carbocycles. The number of ether oxygens (including phenoxy) is 3. The lowest BCUT2D eigenvalue weighted by molar-refractivity contribution is -0.167. The summed E-state index contributed by atoms with van der Waals surface area (Å²) in [6.07, 6.45) is 71.8. The average molecular weight is 950 g/mol. The Labute approximate surface area is 421 Å². The zero-order valence-corrected chi connectivity index (χ0v) is 44.9. The highest BCUT2D eigenvalue weighted by Crippen LogP contribution is 2.15. The van der Waals surface area contributed by atoms with Crippen molar-refractivity contribution in [3.63, 3.8) is 0 Å². The van der Waals surface area contributed by atoms with Crippen LogP contribution in [-0.4, -0.2) is 37.2 Å². The van der Waals surface area contributed by atoms with Crippen LogP contribution in [-0.2, 0) is 28.6 Å². The van der Waals surface area contributed by atoms with Crippen LogP contribution in [0.5, 0.6) is 0 Å². The van der Waals surface area contributed by atoms with Gasteiger partial charge in [-0.25, -0.2) is 0 Å². The number of carbonyl (C=O) groups excluding carboxylic acids is 3. The van der Waals surface area contributed by atoms with E-state index in [0.717, 1.165) is 103 Å². The van der Waals surface area contributed by atoms with Crippen LogP contribution < -0.4 is 0 Å². The molecule has 0 aromatic heterocycles. The minimum Gasteiger partial charge on any atom is -0.462 e. The normalized spacial score (nSPS) is 12.6. The molecule has 0 aromatic rings. The van der Waals surface area contributed by atoms with Gasteiger partial charge in [0.2, 0.25) is 0 Å². The number of hydrogen-bond donors (Lipinski definition) is 0. The number of esters is 3. The largest absolute Gasteiger partial charge is 0.462 e. The van der Waals surface area contributed by atoms with E-state index in [0.29, 0.717) is 19.3 Å². The fourth-order valence-electron chi connectivity index (χ4n) is 8.11. The predicted molar refractivity (Wildman–Crippen MR) is 293 cm³/mol. The van der Waals surface area contributed by atoms with Crippen LogP contribution in [0, 0.1) is 0 Å². The average Bonchev–Trinajstić information content (AvgIpc) is 3.34. The molecule has 0 heterocycles. The second-order valence-corrected chi connectivity index (χ2v) is 19.2. The molecule has 392 valence electrons. The molecule has 0 amide bonds. The maximum absolute atomic E-state index is 12.8. The summed E-state index contributed by atoms with van der Waals surface area (Å²) in [6, 6.07) is 0. The van der Waals surface area contributed by atoms with E-state index in [4.69, 9.17) is 14.2 Å². The number of rotatable bonds is 52. The molecule has 0 aliphatic rings. The molecule has 0 saturated heterocycles. The Hall–Kier alpha value is -3.15. The fraction of sp³-hybridized carbons (Fsp3) is 0.758. The molecule has 0 aliphatic carbocycles. The first-order chi connectivity index (χ1) is 33.5. The summed E-state index contributed by atoms with van der Waals surface area (Å²) in [5.74, 6) is -0.904. The van der Waals surface area contributed by atoms with Gasteiger partial charge in [0.05, 0.1) is 0 Å². The Bertz CT molecular complexity index is 1270. The summed E-state index contributed by atoms with van der Waals surface area (Å²) < 4.78 is 16.8. The summed E-state index contributed by atoms with van der Waals surface area (Å²) in [6.45, 7) is 6.50. The monoisotopic (exact) mass is 949 g/mol. The number of carbonyl (C=O) groups is 3. The van der Waals surface area contributed by atoms with Crippen molar-refractivity contribution in [1.29, 1.82) is 0 Å². The summed E-state index contributed by atoms with van der Waals surface area (Å²) in [7, 11) is 0. The summed E-state index contributed by atoms with van der Waals surface area (Å²) >= 11 is 0. The van der Waals surface area contributed by atoms with E-state index in [-0.39, 0.29) is 31.1 Å². The Morgan fingerprint density at radius 2 is 0.574 bits per heavy atom. The highest BCUT2D eigenvalue weighted by molar-refractivity contribution is 5.71. The van der Waals surface area contributed by atoms with E-state index in [9.17, 15) is 14.4 Å². The maximum Gasteiger partial charge on any atom is 0.306 e. The van der Waals surface area contributed by atoms with Gasteiger partial charge in [0.15, 0.2) is 6.10 Å². The number of hydrogen-bond acceptors (Lipinski definition) is 6. The zero-order valence-electron chi connectivity index (χ0n) is 44.9. The smallest absolute Gasteiger partial charge is 0.306 e. The SMILES string of the molecule is CC/C=C\C/C=C\C/C=C\C/C=C\CCCCCCC(=O)OC(COC(=O)CCCCCCCCCCCC)COC(=O)CCCCCCCCCCCCC/C=C\C/C=C\CCCCCCC. The van der Waals surface area contributed by atoms with Crippen LogP contribution in [0.1, 0.15) is 284 Å². The quantitative estimate of drug-likeness (QED) is 0.0262. The number of allylic oxidation sites excluding steroid dienone is 12. The minimum atomic E-state index is -0.787. The van der Waals surface area contributed by atoms with Crippen molar-refractivity contribution in [3.8, 4) is 0 Å². The van der Waals surface area contributed by atoms with Crippen molar-refractivity contribution in [2.24, 2.45) is 0 Å². The van der Waals surface area contributed by atoms with E-state index in [1.807, 2.05) is 0 Å². The Balaban J connectivity index is 4.30. The molecule has 1 unspecified atom stereocenters. The molecular weight excluding hydrogens is 841 g/mol. The lowest BCUT2D eigenvalue weighted by Gasteiger charge is -2.18. The van der Waals surface area contributed by atoms with E-state index in [1.54, 1.807) is 0 Å². The van der Waals surface area contributed by atoms with Crippen molar-refractivity contribution >= 4 is 17.9 Å². The van der Waals surface area contributed by atoms with Crippen molar-refractivity contribution in [3.05, 3.63) is 72.9 Å². The van der Waals surface area contributed by atoms with Crippen molar-refractivity contribution in [1.82, 2.24) is 0 Å². The minimum absolute atomic E-state index is 0.0841. The van der Waals surface area contributed by atoms with Gasteiger partial charge in [0.25, 0.3) is 0 Å². The highest BCUT2D eigenvalue weighted by atomic mass is 16.6. The third kappa shape index (κ3) is 53.8. The molecule has 0 fully saturated rings. The Morgan fingerprint density at radius 3 is 0.897 bits per heavy atom. The first-order valence-corrected chi connectivity index (χ1v) is 28.9. The standard InChI is InChI=1S/C62H108O6/c1-4-7-10-13-16-19-22-24-26-28-29-30-31-32-33-35-36-38-40-43-46-49-52-55-61(64)67-58-59(57-66-60(63)54-51-48-45-42-21-18-15-12-9-6-3)68-62(65)56-53-50-47-44-41-39-37-34-27-25-23-20-17-14-11-8-5-2/h8,11,17,20,22,24-25,27-29,37,39,59H,4-7,9-10,12-16,18-19,21,23,26,30-36,38,40-58H2,1-3H3/b11-8-,20-17-,24-22-,27-25-,29-28-,39-37-. The molecule has 0 N–H and O–H groups in total. The molecule has 0 aliphatic heterocycles. The van der Waals surface area contributed by atoms with Crippen LogP contribution in [0.2, 0.25) is 0 Å². The van der Waals surface area contributed by atoms with Crippen molar-refractivity contribution in [2.45, 2.75) is 290 Å². The molecule has 0 bridgehead atoms. The zero-order chi connectivity index (χ0) is 49.3. The Morgan fingerprint density at radius 1 is 0.309 bits per heavy atom. The van der Waals surface area contributed by atoms with Gasteiger partial charge >= 0.3 is 17.9 Å². The van der Waals surface area contributed by atoms with E-state index in [1.165, 1.54) is 141 Å². The molecule has 6 heteroatoms. The molecule has 1 atom stereocenters. The first kappa shape index (κ1) is 64.8. The third-order valence-electron chi connectivity index (χ3n) is 12.4. The molecular formula is C62H108O6. The molecule has 68 heavy (non-hydrogen) atoms. The van der Waals surface area contributed by atoms with E-state index in [2.05, 4.69) is 93.7 Å². The van der Waals surface area contributed by atoms with Gasteiger partial charge in [-0.3, -0.25) is 14.4 Å². The second kappa shape index (κ2) is 56.4. The summed E-state index contributed by atoms with van der Waals surface area (Å²) in [4.78, 5) is 38.1. The first-order valence-electron chi connectivity index (χ1n) is 28.9. The third-order valence-corrected chi connectivity index (χ3v) is 12.4. The molecule has 0 saturated carbocycles. The van der Waals surface area contributed by atoms with Gasteiger partial charge in [-0.15, -0.1) is 0 Å². The maximum atomic E-state index is 12.8. The predicted octanol–water partition coefficient (Wildman–Crippen LogP) is 19.4. The molecule has 0 radical (unpaired) electrons. The van der Waals surface area contributed by atoms with Crippen LogP contribution in [0.3, 0.4) is 0 Å². The number of unbranched alkanes of at least 4 members (excludes halogenated alkanes) is 29. The molecule has 0 rings (SSSR count). The van der Waals surface area contributed by atoms with Gasteiger partial charge in [0, 0.05) is 19.3 Å². The van der Waals surface area contributed by atoms with Gasteiger partial charge in [-0.05, 0) is 89.9 Å². The molecule has 0 spiro atoms. The summed E-state index contributed by atoms with van der Waals surface area (Å²) in [5.41, 5.74) is 0. The van der Waals surface area contributed by atoms with Crippen LogP contribution in [0.25, 0.3) is 0 Å². The highest BCUT2D eigenvalue weighted by Gasteiger charge is 2.19. The van der Waals surface area contributed by atoms with Crippen LogP contribution in [0.4, 0.5) is 0 Å². The van der Waals surface area contributed by atoms with Crippen LogP contribution in [0.15, 0.2) is 72.9 Å². The van der Waals surface area contributed by atoms with Crippen molar-refractivity contribution < 1.29 is 28.6 Å². The molecule has 6 nitrogen and oxygen atoms in total. The Kier molecular flexibility index (Phi) is 53.8. The second-order valence-electron chi connectivity index (χ2n) is 19.2. The van der Waals surface area contributed by atoms with Crippen molar-refractivity contribution in [2.75, 3.05) is 13.2 Å². The van der Waals surface area contributed by atoms with Gasteiger partial charge in [-0.2, -0.15) is 0 Å². The van der Waals surface area contributed by atoms with E-state index < -0.39 is 6.10 Å². The van der Waals surface area contributed by atoms with E-state index >= 15 is 0 Å². The summed E-state index contributed by atoms with van der Waals surface area (Å²) in [5, 5.41) is 0. The van der Waals surface area contributed by atoms with Gasteiger partial charge in [-0.1, -0.05) is 248 Å². The lowest BCUT2D eigenvalue weighted by atomic mass is 10.0. The lowest BCUT2D eigenvalue weighted by Crippen LogP contribution is -2.30. The van der Waals surface area contributed by atoms with Crippen LogP contribution >= 0.6 is 0 Å². The fourth-order valence-corrected chi connectivity index (χ4v) is 8.11. The topological polar surface area (TPSA) is 78.9 Å².